The second-order valence-electron chi connectivity index (χ2n) is 6.08. The van der Waals surface area contributed by atoms with Crippen molar-refractivity contribution in [3.63, 3.8) is 0 Å². The first-order chi connectivity index (χ1) is 14.2. The van der Waals surface area contributed by atoms with Crippen LogP contribution in [0.3, 0.4) is 0 Å². The van der Waals surface area contributed by atoms with Gasteiger partial charge in [-0.3, -0.25) is 0 Å². The van der Waals surface area contributed by atoms with E-state index in [0.29, 0.717) is 12.1 Å². The summed E-state index contributed by atoms with van der Waals surface area (Å²) >= 11 is 0. The molecular weight excluding hydrogens is 417 g/mol. The van der Waals surface area contributed by atoms with Crippen molar-refractivity contribution in [1.29, 1.82) is 0 Å². The molecule has 3 rings (SSSR count). The Balaban J connectivity index is 2.12. The monoisotopic (exact) mass is 430 g/mol. The Morgan fingerprint density at radius 2 is 1.53 bits per heavy atom. The van der Waals surface area contributed by atoms with Gasteiger partial charge in [-0.05, 0) is 36.1 Å². The van der Waals surface area contributed by atoms with Crippen LogP contribution < -0.4 is 9.47 Å². The molecule has 0 aliphatic heterocycles. The standard InChI is InChI=1S/C21H13F7O2/c1-2-3-4-29-12-8-14(23)17(15(24)9-12)10-5-11-7-16(25)20(30-21(27)28)19(26)18(11)13(22)6-10/h2-3,5-9,21H,4H2,1H3. The minimum Gasteiger partial charge on any atom is -0.489 e. The summed E-state index contributed by atoms with van der Waals surface area (Å²) in [7, 11) is 0. The highest BCUT2D eigenvalue weighted by molar-refractivity contribution is 5.90. The molecule has 0 bridgehead atoms. The van der Waals surface area contributed by atoms with Crippen molar-refractivity contribution in [2.45, 2.75) is 13.5 Å². The van der Waals surface area contributed by atoms with Gasteiger partial charge in [0.2, 0.25) is 0 Å². The number of fused-ring (bicyclic) bond motifs is 1. The van der Waals surface area contributed by atoms with E-state index in [0.717, 1.165) is 18.2 Å². The molecule has 0 aliphatic rings. The summed E-state index contributed by atoms with van der Waals surface area (Å²) < 4.78 is 105. The summed E-state index contributed by atoms with van der Waals surface area (Å²) in [4.78, 5) is 0. The number of benzene rings is 3. The molecule has 3 aromatic rings. The van der Waals surface area contributed by atoms with Gasteiger partial charge in [0, 0.05) is 12.1 Å². The quantitative estimate of drug-likeness (QED) is 0.318. The Morgan fingerprint density at radius 1 is 0.867 bits per heavy atom. The zero-order valence-electron chi connectivity index (χ0n) is 15.3. The molecule has 0 saturated carbocycles. The van der Waals surface area contributed by atoms with E-state index in [-0.39, 0.29) is 17.9 Å². The van der Waals surface area contributed by atoms with Gasteiger partial charge in [-0.2, -0.15) is 8.78 Å². The van der Waals surface area contributed by atoms with Gasteiger partial charge in [0.05, 0.1) is 10.9 Å². The van der Waals surface area contributed by atoms with Gasteiger partial charge in [-0.15, -0.1) is 0 Å². The first kappa shape index (κ1) is 21.5. The van der Waals surface area contributed by atoms with E-state index in [9.17, 15) is 30.7 Å². The molecule has 0 aromatic heterocycles. The van der Waals surface area contributed by atoms with Crippen molar-refractivity contribution in [2.24, 2.45) is 0 Å². The van der Waals surface area contributed by atoms with E-state index < -0.39 is 57.8 Å². The van der Waals surface area contributed by atoms with Crippen molar-refractivity contribution in [3.8, 4) is 22.6 Å². The van der Waals surface area contributed by atoms with Crippen molar-refractivity contribution in [3.05, 3.63) is 71.6 Å². The molecule has 0 heterocycles. The third-order valence-electron chi connectivity index (χ3n) is 4.13. The molecule has 2 nitrogen and oxygen atoms in total. The third kappa shape index (κ3) is 4.19. The van der Waals surface area contributed by atoms with E-state index in [1.807, 2.05) is 0 Å². The molecule has 0 amide bonds. The fourth-order valence-electron chi connectivity index (χ4n) is 2.88. The molecule has 0 fully saturated rings. The molecule has 30 heavy (non-hydrogen) atoms. The maximum absolute atomic E-state index is 14.5. The van der Waals surface area contributed by atoms with Crippen molar-refractivity contribution in [2.75, 3.05) is 6.61 Å². The average Bonchev–Trinajstić information content (AvgIpc) is 2.64. The highest BCUT2D eigenvalue weighted by Crippen LogP contribution is 2.37. The van der Waals surface area contributed by atoms with Crippen LogP contribution in [0.2, 0.25) is 0 Å². The SMILES string of the molecule is CC=CCOc1cc(F)c(-c2cc(F)c3c(F)c(OC(F)F)c(F)cc3c2)c(F)c1. The van der Waals surface area contributed by atoms with E-state index in [4.69, 9.17) is 4.74 Å². The number of allylic oxidation sites excluding steroid dienone is 1. The molecule has 3 aromatic carbocycles. The fourth-order valence-corrected chi connectivity index (χ4v) is 2.88. The Labute approximate surface area is 166 Å². The summed E-state index contributed by atoms with van der Waals surface area (Å²) in [5, 5.41) is -1.29. The molecule has 0 unspecified atom stereocenters. The summed E-state index contributed by atoms with van der Waals surface area (Å²) in [6.45, 7) is -1.73. The lowest BCUT2D eigenvalue weighted by atomic mass is 9.99. The fraction of sp³-hybridized carbons (Fsp3) is 0.143. The van der Waals surface area contributed by atoms with Crippen LogP contribution in [0.5, 0.6) is 11.5 Å². The van der Waals surface area contributed by atoms with Crippen LogP contribution in [0.1, 0.15) is 6.92 Å². The Hall–Kier alpha value is -3.23. The molecule has 158 valence electrons. The van der Waals surface area contributed by atoms with Crippen molar-refractivity contribution < 1.29 is 40.2 Å². The molecule has 0 spiro atoms. The second-order valence-corrected chi connectivity index (χ2v) is 6.08. The molecule has 0 aliphatic carbocycles. The topological polar surface area (TPSA) is 18.5 Å². The van der Waals surface area contributed by atoms with Crippen LogP contribution >= 0.6 is 0 Å². The number of alkyl halides is 2. The van der Waals surface area contributed by atoms with Gasteiger partial charge >= 0.3 is 6.61 Å². The lowest BCUT2D eigenvalue weighted by Crippen LogP contribution is -2.06. The average molecular weight is 430 g/mol. The minimum atomic E-state index is -3.54. The molecule has 0 saturated heterocycles. The first-order valence-corrected chi connectivity index (χ1v) is 8.52. The van der Waals surface area contributed by atoms with Gasteiger partial charge in [0.1, 0.15) is 29.8 Å². The number of hydrogen-bond acceptors (Lipinski definition) is 2. The first-order valence-electron chi connectivity index (χ1n) is 8.52. The van der Waals surface area contributed by atoms with E-state index in [1.165, 1.54) is 0 Å². The molecule has 0 N–H and O–H groups in total. The van der Waals surface area contributed by atoms with Gasteiger partial charge in [0.25, 0.3) is 0 Å². The molecule has 0 radical (unpaired) electrons. The van der Waals surface area contributed by atoms with Gasteiger partial charge in [0.15, 0.2) is 17.4 Å². The van der Waals surface area contributed by atoms with Crippen LogP contribution in [0.25, 0.3) is 21.9 Å². The van der Waals surface area contributed by atoms with E-state index >= 15 is 0 Å². The van der Waals surface area contributed by atoms with Crippen molar-refractivity contribution >= 4 is 10.8 Å². The summed E-state index contributed by atoms with van der Waals surface area (Å²) in [5.41, 5.74) is -1.00. The normalized spacial score (nSPS) is 11.6. The maximum Gasteiger partial charge on any atom is 0.387 e. The Morgan fingerprint density at radius 3 is 2.13 bits per heavy atom. The smallest absolute Gasteiger partial charge is 0.387 e. The highest BCUT2D eigenvalue weighted by Gasteiger charge is 2.23. The number of hydrogen-bond donors (Lipinski definition) is 0. The van der Waals surface area contributed by atoms with Gasteiger partial charge in [-0.25, -0.2) is 22.0 Å². The van der Waals surface area contributed by atoms with Gasteiger partial charge < -0.3 is 9.47 Å². The predicted octanol–water partition coefficient (Wildman–Crippen LogP) is 6.76. The molecular formula is C21H13F7O2. The highest BCUT2D eigenvalue weighted by atomic mass is 19.3. The number of ether oxygens (including phenoxy) is 2. The summed E-state index contributed by atoms with van der Waals surface area (Å²) in [6.07, 6.45) is 3.28. The Kier molecular flexibility index (Phi) is 6.19. The van der Waals surface area contributed by atoms with Crippen molar-refractivity contribution in [1.82, 2.24) is 0 Å². The Bertz CT molecular complexity index is 1100. The van der Waals surface area contributed by atoms with Crippen LogP contribution in [0.15, 0.2) is 42.5 Å². The second kappa shape index (κ2) is 8.64. The third-order valence-corrected chi connectivity index (χ3v) is 4.13. The van der Waals surface area contributed by atoms with Crippen LogP contribution in [0, 0.1) is 29.1 Å². The number of halogens is 7. The van der Waals surface area contributed by atoms with Crippen LogP contribution in [-0.4, -0.2) is 13.2 Å². The maximum atomic E-state index is 14.5. The number of rotatable bonds is 6. The van der Waals surface area contributed by atoms with Crippen LogP contribution in [0.4, 0.5) is 30.7 Å². The predicted molar refractivity (Wildman–Crippen MR) is 96.1 cm³/mol. The lowest BCUT2D eigenvalue weighted by Gasteiger charge is -2.13. The summed E-state index contributed by atoms with van der Waals surface area (Å²) in [6, 6.07) is 3.83. The largest absolute Gasteiger partial charge is 0.489 e. The zero-order valence-corrected chi connectivity index (χ0v) is 15.3. The molecule has 9 heteroatoms. The van der Waals surface area contributed by atoms with Gasteiger partial charge in [-0.1, -0.05) is 12.2 Å². The lowest BCUT2D eigenvalue weighted by molar-refractivity contribution is -0.0544. The molecule has 0 atom stereocenters. The summed E-state index contributed by atoms with van der Waals surface area (Å²) in [5.74, 6) is -8.31. The zero-order chi connectivity index (χ0) is 22.0. The van der Waals surface area contributed by atoms with E-state index in [2.05, 4.69) is 4.74 Å². The minimum absolute atomic E-state index is 0.0703. The van der Waals surface area contributed by atoms with Crippen LogP contribution in [-0.2, 0) is 0 Å². The van der Waals surface area contributed by atoms with E-state index in [1.54, 1.807) is 19.1 Å².